The van der Waals surface area contributed by atoms with Crippen LogP contribution in [0.1, 0.15) is 38.9 Å². The van der Waals surface area contributed by atoms with E-state index in [0.29, 0.717) is 12.2 Å². The van der Waals surface area contributed by atoms with Crippen LogP contribution < -0.4 is 5.73 Å². The smallest absolute Gasteiger partial charge is 0.101 e. The van der Waals surface area contributed by atoms with Crippen LogP contribution in [0.15, 0.2) is 260 Å². The maximum absolute atomic E-state index is 6.91. The van der Waals surface area contributed by atoms with Crippen LogP contribution in [0.4, 0.5) is 0 Å². The first-order valence-corrected chi connectivity index (χ1v) is 23.2. The summed E-state index contributed by atoms with van der Waals surface area (Å²) >= 11 is 0. The van der Waals surface area contributed by atoms with Gasteiger partial charge in [-0.2, -0.15) is 5.10 Å². The summed E-state index contributed by atoms with van der Waals surface area (Å²) < 4.78 is 2.14. The van der Waals surface area contributed by atoms with E-state index in [9.17, 15) is 0 Å². The molecule has 0 radical (unpaired) electrons. The number of aromatic nitrogens is 2. The van der Waals surface area contributed by atoms with E-state index in [0.717, 1.165) is 72.3 Å². The summed E-state index contributed by atoms with van der Waals surface area (Å²) in [5.41, 5.74) is 25.8. The number of benzene rings is 9. The number of rotatable bonds is 10. The van der Waals surface area contributed by atoms with Crippen LogP contribution >= 0.6 is 0 Å². The van der Waals surface area contributed by atoms with Crippen LogP contribution in [0.3, 0.4) is 0 Å². The molecule has 1 aliphatic rings. The van der Waals surface area contributed by atoms with Gasteiger partial charge in [0.2, 0.25) is 0 Å². The molecule has 2 aromatic heterocycles. The first-order valence-electron chi connectivity index (χ1n) is 23.2. The zero-order valence-corrected chi connectivity index (χ0v) is 37.4. The van der Waals surface area contributed by atoms with Gasteiger partial charge < -0.3 is 5.73 Å². The average Bonchev–Trinajstić information content (AvgIpc) is 3.96. The lowest BCUT2D eigenvalue weighted by atomic mass is 9.67. The molecule has 1 aliphatic carbocycles. The van der Waals surface area contributed by atoms with Gasteiger partial charge in [0, 0.05) is 27.8 Å². The molecule has 0 atom stereocenters. The first-order chi connectivity index (χ1) is 33.6. The molecule has 0 bridgehead atoms. The van der Waals surface area contributed by atoms with Crippen molar-refractivity contribution in [2.45, 2.75) is 12.0 Å². The first kappa shape index (κ1) is 40.6. The van der Waals surface area contributed by atoms with E-state index in [4.69, 9.17) is 15.8 Å². The van der Waals surface area contributed by atoms with Gasteiger partial charge in [-0.3, -0.25) is 4.99 Å². The van der Waals surface area contributed by atoms with Gasteiger partial charge in [-0.25, -0.2) is 4.52 Å². The number of aliphatic imine (C=N–C) groups is 1. The van der Waals surface area contributed by atoms with Crippen molar-refractivity contribution in [1.29, 1.82) is 0 Å². The molecule has 9 aromatic carbocycles. The van der Waals surface area contributed by atoms with Crippen molar-refractivity contribution in [2.24, 2.45) is 10.7 Å². The fourth-order valence-electron chi connectivity index (χ4n) is 10.4. The lowest BCUT2D eigenvalue weighted by Crippen LogP contribution is -2.28. The van der Waals surface area contributed by atoms with Gasteiger partial charge in [-0.05, 0) is 73.2 Å². The number of nitrogens with zero attached hydrogens (tertiary/aromatic N) is 3. The highest BCUT2D eigenvalue weighted by atomic mass is 15.2. The molecule has 0 amide bonds. The molecule has 0 spiro atoms. The minimum absolute atomic E-state index is 0.460. The third kappa shape index (κ3) is 6.94. The maximum Gasteiger partial charge on any atom is 0.101 e. The molecule has 4 nitrogen and oxygen atoms in total. The van der Waals surface area contributed by atoms with Crippen LogP contribution in [0.5, 0.6) is 0 Å². The second-order valence-electron chi connectivity index (χ2n) is 17.5. The highest BCUT2D eigenvalue weighted by Crippen LogP contribution is 2.56. The summed E-state index contributed by atoms with van der Waals surface area (Å²) in [4.78, 5) is 5.42. The molecule has 2 heterocycles. The van der Waals surface area contributed by atoms with Gasteiger partial charge in [0.25, 0.3) is 0 Å². The fourth-order valence-corrected chi connectivity index (χ4v) is 10.4. The lowest BCUT2D eigenvalue weighted by Gasteiger charge is -2.34. The topological polar surface area (TPSA) is 55.7 Å². The SMILES string of the molecule is N/C(=C\C(=NCc1ccc2c(c1)C(c1ccccc1)(c1ccccc1)c1ccccc1-2)c1ccc(-c2cc3ccccc3c3c(-c4ccccc4)c(-c4ccccc4)nn23)cc1)c1ccccc1. The Balaban J connectivity index is 0.986. The Hall–Kier alpha value is -8.86. The maximum atomic E-state index is 6.91. The fraction of sp³-hybridized carbons (Fsp3) is 0.0312. The van der Waals surface area contributed by atoms with E-state index in [1.54, 1.807) is 0 Å². The van der Waals surface area contributed by atoms with Gasteiger partial charge in [-0.15, -0.1) is 0 Å². The molecular weight excluding hydrogens is 825 g/mol. The van der Waals surface area contributed by atoms with Gasteiger partial charge in [-0.1, -0.05) is 243 Å². The Morgan fingerprint density at radius 1 is 0.500 bits per heavy atom. The zero-order valence-electron chi connectivity index (χ0n) is 37.4. The van der Waals surface area contributed by atoms with Crippen LogP contribution in [0.2, 0.25) is 0 Å². The Kier molecular flexibility index (Phi) is 10.3. The van der Waals surface area contributed by atoms with Crippen LogP contribution in [0.25, 0.3) is 66.8 Å². The number of allylic oxidation sites excluding steroid dienone is 1. The van der Waals surface area contributed by atoms with Crippen molar-refractivity contribution in [3.8, 4) is 44.8 Å². The molecular formula is C64H46N4. The number of nitrogens with two attached hydrogens (primary N) is 1. The summed E-state index contributed by atoms with van der Waals surface area (Å²) in [7, 11) is 0. The van der Waals surface area contributed by atoms with Crippen molar-refractivity contribution >= 4 is 27.7 Å². The minimum atomic E-state index is -0.489. The summed E-state index contributed by atoms with van der Waals surface area (Å²) in [6.07, 6.45) is 2.02. The third-order valence-corrected chi connectivity index (χ3v) is 13.6. The molecule has 0 fully saturated rings. The molecule has 4 heteroatoms. The number of fused-ring (bicyclic) bond motifs is 6. The largest absolute Gasteiger partial charge is 0.398 e. The number of hydrogen-bond acceptors (Lipinski definition) is 3. The minimum Gasteiger partial charge on any atom is -0.398 e. The van der Waals surface area contributed by atoms with Crippen molar-refractivity contribution in [1.82, 2.24) is 9.61 Å². The lowest BCUT2D eigenvalue weighted by molar-refractivity contribution is 0.766. The van der Waals surface area contributed by atoms with E-state index in [2.05, 4.69) is 223 Å². The molecule has 68 heavy (non-hydrogen) atoms. The Morgan fingerprint density at radius 2 is 1.07 bits per heavy atom. The van der Waals surface area contributed by atoms with Crippen molar-refractivity contribution in [2.75, 3.05) is 0 Å². The predicted octanol–water partition coefficient (Wildman–Crippen LogP) is 14.8. The van der Waals surface area contributed by atoms with E-state index >= 15 is 0 Å². The molecule has 322 valence electrons. The molecule has 12 rings (SSSR count). The monoisotopic (exact) mass is 870 g/mol. The average molecular weight is 871 g/mol. The Labute approximate surface area is 396 Å². The summed E-state index contributed by atoms with van der Waals surface area (Å²) in [6.45, 7) is 0.460. The second-order valence-corrected chi connectivity index (χ2v) is 17.5. The quantitative estimate of drug-likeness (QED) is 0.139. The van der Waals surface area contributed by atoms with E-state index < -0.39 is 5.41 Å². The normalized spacial score (nSPS) is 13.1. The Morgan fingerprint density at radius 3 is 1.76 bits per heavy atom. The molecule has 11 aromatic rings. The number of pyridine rings is 1. The summed E-state index contributed by atoms with van der Waals surface area (Å²) in [6, 6.07) is 88.5. The molecule has 0 saturated heterocycles. The standard InChI is InChI=1S/C64H46N4/c65-58(45-20-6-1-7-21-45)42-59(66-43-44-34-39-55-54-32-18-19-33-56(54)64(57(55)40-44,51-27-12-4-13-28-51)52-29-14-5-15-30-52)46-35-37-47(38-36-46)60-41-50-26-16-17-31-53(50)63-61(48-22-8-2-9-23-48)62(67-68(60)63)49-24-10-3-11-25-49/h1-42H,43,65H2/b58-42-,66-59?. The summed E-state index contributed by atoms with van der Waals surface area (Å²) in [5, 5.41) is 7.73. The van der Waals surface area contributed by atoms with Gasteiger partial charge in [0.1, 0.15) is 5.69 Å². The number of hydrogen-bond donors (Lipinski definition) is 1. The van der Waals surface area contributed by atoms with Crippen molar-refractivity contribution in [3.63, 3.8) is 0 Å². The molecule has 2 N–H and O–H groups in total. The van der Waals surface area contributed by atoms with E-state index in [1.807, 2.05) is 36.4 Å². The highest BCUT2D eigenvalue weighted by molar-refractivity contribution is 6.12. The van der Waals surface area contributed by atoms with Crippen LogP contribution in [-0.2, 0) is 12.0 Å². The summed E-state index contributed by atoms with van der Waals surface area (Å²) in [5.74, 6) is 0. The second kappa shape index (κ2) is 17.2. The zero-order chi connectivity index (χ0) is 45.4. The van der Waals surface area contributed by atoms with Crippen LogP contribution in [-0.4, -0.2) is 15.3 Å². The van der Waals surface area contributed by atoms with Gasteiger partial charge in [0.15, 0.2) is 0 Å². The van der Waals surface area contributed by atoms with Crippen molar-refractivity contribution in [3.05, 3.63) is 294 Å². The molecule has 0 aliphatic heterocycles. The van der Waals surface area contributed by atoms with Gasteiger partial charge >= 0.3 is 0 Å². The third-order valence-electron chi connectivity index (χ3n) is 13.6. The van der Waals surface area contributed by atoms with Crippen LogP contribution in [0, 0.1) is 0 Å². The van der Waals surface area contributed by atoms with E-state index in [-0.39, 0.29) is 0 Å². The Bertz CT molecular complexity index is 3630. The molecule has 0 unspecified atom stereocenters. The predicted molar refractivity (Wildman–Crippen MR) is 282 cm³/mol. The van der Waals surface area contributed by atoms with Crippen molar-refractivity contribution < 1.29 is 0 Å². The van der Waals surface area contributed by atoms with Gasteiger partial charge in [0.05, 0.1) is 28.9 Å². The van der Waals surface area contributed by atoms with E-state index in [1.165, 1.54) is 33.4 Å². The highest BCUT2D eigenvalue weighted by Gasteiger charge is 2.46. The molecule has 0 saturated carbocycles.